The molecular formula is C17H35NO. The van der Waals surface area contributed by atoms with Gasteiger partial charge in [0.2, 0.25) is 0 Å². The molecule has 0 aromatic heterocycles. The number of ether oxygens (including phenoxy) is 1. The van der Waals surface area contributed by atoms with Crippen LogP contribution in [0, 0.1) is 11.3 Å². The van der Waals surface area contributed by atoms with Gasteiger partial charge in [0.15, 0.2) is 0 Å². The Morgan fingerprint density at radius 2 is 1.84 bits per heavy atom. The average molecular weight is 269 g/mol. The van der Waals surface area contributed by atoms with Crippen molar-refractivity contribution in [3.63, 3.8) is 0 Å². The molecule has 1 rings (SSSR count). The highest BCUT2D eigenvalue weighted by molar-refractivity contribution is 4.89. The molecule has 0 aromatic carbocycles. The van der Waals surface area contributed by atoms with Crippen molar-refractivity contribution in [1.29, 1.82) is 0 Å². The molecule has 1 saturated carbocycles. The van der Waals surface area contributed by atoms with E-state index in [1.807, 2.05) is 0 Å². The fourth-order valence-electron chi connectivity index (χ4n) is 3.11. The molecule has 0 aromatic rings. The van der Waals surface area contributed by atoms with Crippen LogP contribution < -0.4 is 5.73 Å². The lowest BCUT2D eigenvalue weighted by Crippen LogP contribution is -2.45. The third kappa shape index (κ3) is 5.43. The Morgan fingerprint density at radius 3 is 2.47 bits per heavy atom. The molecule has 0 bridgehead atoms. The molecule has 2 N–H and O–H groups in total. The Bertz CT molecular complexity index is 239. The van der Waals surface area contributed by atoms with E-state index in [4.69, 9.17) is 10.5 Å². The van der Waals surface area contributed by atoms with E-state index in [9.17, 15) is 0 Å². The SMILES string of the molecule is CCCCCCOC1CC(C(C)(C)CC)CCC1N. The fraction of sp³-hybridized carbons (Fsp3) is 1.00. The summed E-state index contributed by atoms with van der Waals surface area (Å²) in [5.74, 6) is 0.776. The van der Waals surface area contributed by atoms with Gasteiger partial charge in [0.05, 0.1) is 6.10 Å². The highest BCUT2D eigenvalue weighted by atomic mass is 16.5. The molecule has 0 saturated heterocycles. The molecule has 2 heteroatoms. The highest BCUT2D eigenvalue weighted by Gasteiger charge is 2.36. The molecule has 1 aliphatic carbocycles. The standard InChI is InChI=1S/C17H35NO/c1-5-7-8-9-12-19-16-13-14(10-11-15(16)18)17(3,4)6-2/h14-16H,5-13,18H2,1-4H3. The van der Waals surface area contributed by atoms with Crippen molar-refractivity contribution in [3.05, 3.63) is 0 Å². The molecule has 3 atom stereocenters. The summed E-state index contributed by atoms with van der Waals surface area (Å²) < 4.78 is 6.09. The van der Waals surface area contributed by atoms with Crippen LogP contribution in [0.1, 0.15) is 79.1 Å². The minimum atomic E-state index is 0.259. The van der Waals surface area contributed by atoms with Crippen LogP contribution in [0.15, 0.2) is 0 Å². The smallest absolute Gasteiger partial charge is 0.0728 e. The number of nitrogens with two attached hydrogens (primary N) is 1. The van der Waals surface area contributed by atoms with E-state index in [2.05, 4.69) is 27.7 Å². The van der Waals surface area contributed by atoms with Gasteiger partial charge in [0.25, 0.3) is 0 Å². The maximum absolute atomic E-state index is 6.24. The van der Waals surface area contributed by atoms with Crippen molar-refractivity contribution < 1.29 is 4.74 Å². The molecule has 0 radical (unpaired) electrons. The third-order valence-corrected chi connectivity index (χ3v) is 5.19. The number of unbranched alkanes of at least 4 members (excludes halogenated alkanes) is 3. The Hall–Kier alpha value is -0.0800. The summed E-state index contributed by atoms with van der Waals surface area (Å²) in [7, 11) is 0. The van der Waals surface area contributed by atoms with Crippen LogP contribution in [-0.4, -0.2) is 18.8 Å². The third-order valence-electron chi connectivity index (χ3n) is 5.19. The summed E-state index contributed by atoms with van der Waals surface area (Å²) in [5.41, 5.74) is 6.68. The van der Waals surface area contributed by atoms with Crippen molar-refractivity contribution in [1.82, 2.24) is 0 Å². The summed E-state index contributed by atoms with van der Waals surface area (Å²) in [6, 6.07) is 0.259. The molecule has 3 unspecified atom stereocenters. The van der Waals surface area contributed by atoms with E-state index in [1.165, 1.54) is 38.5 Å². The van der Waals surface area contributed by atoms with E-state index in [1.54, 1.807) is 0 Å². The van der Waals surface area contributed by atoms with Crippen molar-refractivity contribution >= 4 is 0 Å². The first-order valence-corrected chi connectivity index (χ1v) is 8.38. The lowest BCUT2D eigenvalue weighted by Gasteiger charge is -2.42. The summed E-state index contributed by atoms with van der Waals surface area (Å²) in [6.07, 6.45) is 10.2. The van der Waals surface area contributed by atoms with Gasteiger partial charge in [-0.1, -0.05) is 53.4 Å². The second-order valence-electron chi connectivity index (χ2n) is 6.99. The van der Waals surface area contributed by atoms with Crippen molar-refractivity contribution in [2.75, 3.05) is 6.61 Å². The maximum Gasteiger partial charge on any atom is 0.0728 e. The number of rotatable bonds is 8. The van der Waals surface area contributed by atoms with Crippen LogP contribution >= 0.6 is 0 Å². The predicted octanol–water partition coefficient (Wildman–Crippen LogP) is 4.52. The van der Waals surface area contributed by atoms with Crippen molar-refractivity contribution in [2.24, 2.45) is 17.1 Å². The maximum atomic E-state index is 6.24. The van der Waals surface area contributed by atoms with Crippen LogP contribution in [0.5, 0.6) is 0 Å². The molecule has 2 nitrogen and oxygen atoms in total. The summed E-state index contributed by atoms with van der Waals surface area (Å²) in [5, 5.41) is 0. The van der Waals surface area contributed by atoms with Gasteiger partial charge in [0, 0.05) is 12.6 Å². The Labute approximate surface area is 120 Å². The molecule has 0 amide bonds. The fourth-order valence-corrected chi connectivity index (χ4v) is 3.11. The quantitative estimate of drug-likeness (QED) is 0.658. The first kappa shape index (κ1) is 17.0. The molecule has 0 spiro atoms. The van der Waals surface area contributed by atoms with E-state index in [-0.39, 0.29) is 6.04 Å². The molecule has 1 aliphatic rings. The van der Waals surface area contributed by atoms with Gasteiger partial charge in [-0.2, -0.15) is 0 Å². The van der Waals surface area contributed by atoms with Crippen LogP contribution in [0.4, 0.5) is 0 Å². The molecule has 0 heterocycles. The monoisotopic (exact) mass is 269 g/mol. The zero-order valence-electron chi connectivity index (χ0n) is 13.6. The first-order chi connectivity index (χ1) is 9.01. The first-order valence-electron chi connectivity index (χ1n) is 8.38. The second kappa shape index (κ2) is 8.26. The summed E-state index contributed by atoms with van der Waals surface area (Å²) in [6.45, 7) is 10.2. The van der Waals surface area contributed by atoms with Gasteiger partial charge in [-0.05, 0) is 37.0 Å². The molecule has 1 fully saturated rings. The van der Waals surface area contributed by atoms with Crippen LogP contribution in [-0.2, 0) is 4.74 Å². The average Bonchev–Trinajstić information content (AvgIpc) is 2.40. The van der Waals surface area contributed by atoms with Gasteiger partial charge < -0.3 is 10.5 Å². The number of hydrogen-bond acceptors (Lipinski definition) is 2. The Kier molecular flexibility index (Phi) is 7.38. The van der Waals surface area contributed by atoms with Gasteiger partial charge in [-0.3, -0.25) is 0 Å². The van der Waals surface area contributed by atoms with Crippen LogP contribution in [0.2, 0.25) is 0 Å². The molecule has 19 heavy (non-hydrogen) atoms. The minimum absolute atomic E-state index is 0.259. The second-order valence-corrected chi connectivity index (χ2v) is 6.99. The minimum Gasteiger partial charge on any atom is -0.377 e. The molecule has 114 valence electrons. The van der Waals surface area contributed by atoms with Gasteiger partial charge in [0.1, 0.15) is 0 Å². The van der Waals surface area contributed by atoms with Crippen molar-refractivity contribution in [2.45, 2.75) is 91.2 Å². The van der Waals surface area contributed by atoms with E-state index < -0.39 is 0 Å². The van der Waals surface area contributed by atoms with Crippen LogP contribution in [0.3, 0.4) is 0 Å². The highest BCUT2D eigenvalue weighted by Crippen LogP contribution is 2.40. The lowest BCUT2D eigenvalue weighted by molar-refractivity contribution is -0.0237. The normalized spacial score (nSPS) is 28.6. The van der Waals surface area contributed by atoms with Gasteiger partial charge in [-0.25, -0.2) is 0 Å². The summed E-state index contributed by atoms with van der Waals surface area (Å²) in [4.78, 5) is 0. The Morgan fingerprint density at radius 1 is 1.11 bits per heavy atom. The van der Waals surface area contributed by atoms with Gasteiger partial charge in [-0.15, -0.1) is 0 Å². The van der Waals surface area contributed by atoms with E-state index in [0.29, 0.717) is 11.5 Å². The zero-order valence-corrected chi connectivity index (χ0v) is 13.6. The Balaban J connectivity index is 2.35. The van der Waals surface area contributed by atoms with Crippen LogP contribution in [0.25, 0.3) is 0 Å². The topological polar surface area (TPSA) is 35.2 Å². The lowest BCUT2D eigenvalue weighted by atomic mass is 9.68. The zero-order chi connectivity index (χ0) is 14.3. The molecule has 0 aliphatic heterocycles. The predicted molar refractivity (Wildman–Crippen MR) is 83.3 cm³/mol. The van der Waals surface area contributed by atoms with E-state index >= 15 is 0 Å². The van der Waals surface area contributed by atoms with Gasteiger partial charge >= 0.3 is 0 Å². The largest absolute Gasteiger partial charge is 0.377 e. The van der Waals surface area contributed by atoms with Crippen molar-refractivity contribution in [3.8, 4) is 0 Å². The summed E-state index contributed by atoms with van der Waals surface area (Å²) >= 11 is 0. The molecular weight excluding hydrogens is 234 g/mol. The number of hydrogen-bond donors (Lipinski definition) is 1. The van der Waals surface area contributed by atoms with E-state index in [0.717, 1.165) is 25.4 Å².